The quantitative estimate of drug-likeness (QED) is 0.783. The molecule has 0 heterocycles. The van der Waals surface area contributed by atoms with Crippen molar-refractivity contribution in [3.8, 4) is 0 Å². The number of carboxylic acid groups (broad SMARTS) is 2. The Morgan fingerprint density at radius 3 is 2.39 bits per heavy atom. The minimum atomic E-state index is -1.15. The number of carboxylic acids is 2. The molecule has 1 unspecified atom stereocenters. The van der Waals surface area contributed by atoms with Gasteiger partial charge in [-0.25, -0.2) is 4.79 Å². The number of carbonyl (C=O) groups is 2. The van der Waals surface area contributed by atoms with E-state index in [-0.39, 0.29) is 17.4 Å². The van der Waals surface area contributed by atoms with Gasteiger partial charge in [-0.15, -0.1) is 0 Å². The summed E-state index contributed by atoms with van der Waals surface area (Å²) in [4.78, 5) is 23.5. The van der Waals surface area contributed by atoms with Gasteiger partial charge in [0.05, 0.1) is 12.0 Å². The molecule has 2 aliphatic carbocycles. The molecule has 5 nitrogen and oxygen atoms in total. The van der Waals surface area contributed by atoms with E-state index < -0.39 is 17.4 Å². The maximum atomic E-state index is 12.1. The minimum absolute atomic E-state index is 0.0421. The number of allylic oxidation sites excluding steroid dienone is 2. The molecule has 0 aromatic heterocycles. The fraction of sp³-hybridized carbons (Fsp3) is 0.667. The first kappa shape index (κ1) is 17.7. The molecule has 5 heteroatoms. The second kappa shape index (κ2) is 6.87. The van der Waals surface area contributed by atoms with Crippen LogP contribution in [0.25, 0.3) is 0 Å². The lowest BCUT2D eigenvalue weighted by atomic mass is 9.61. The van der Waals surface area contributed by atoms with Crippen LogP contribution in [0.2, 0.25) is 0 Å². The van der Waals surface area contributed by atoms with Gasteiger partial charge in [-0.05, 0) is 44.1 Å². The third-order valence-electron chi connectivity index (χ3n) is 5.17. The molecule has 0 saturated heterocycles. The highest BCUT2D eigenvalue weighted by atomic mass is 16.5. The average Bonchev–Trinajstić information content (AvgIpc) is 2.47. The van der Waals surface area contributed by atoms with Gasteiger partial charge in [-0.3, -0.25) is 4.79 Å². The Morgan fingerprint density at radius 1 is 1.22 bits per heavy atom. The molecule has 2 aliphatic rings. The summed E-state index contributed by atoms with van der Waals surface area (Å²) in [7, 11) is 1.65. The fourth-order valence-corrected chi connectivity index (χ4v) is 4.31. The van der Waals surface area contributed by atoms with Crippen molar-refractivity contribution in [3.63, 3.8) is 0 Å². The number of hydrogen-bond donors (Lipinski definition) is 2. The fourth-order valence-electron chi connectivity index (χ4n) is 4.31. The maximum Gasteiger partial charge on any atom is 0.331 e. The van der Waals surface area contributed by atoms with Crippen LogP contribution in [-0.2, 0) is 14.3 Å². The Balaban J connectivity index is 2.36. The first-order valence-electron chi connectivity index (χ1n) is 8.18. The number of methoxy groups -OCH3 is 1. The van der Waals surface area contributed by atoms with Crippen molar-refractivity contribution in [2.45, 2.75) is 51.9 Å². The summed E-state index contributed by atoms with van der Waals surface area (Å²) in [5, 5.41) is 19.2. The lowest BCUT2D eigenvalue weighted by Gasteiger charge is -2.43. The summed E-state index contributed by atoms with van der Waals surface area (Å²) in [6.07, 6.45) is 8.99. The van der Waals surface area contributed by atoms with E-state index >= 15 is 0 Å². The second-order valence-electron chi connectivity index (χ2n) is 7.17. The lowest BCUT2D eigenvalue weighted by molar-refractivity contribution is -0.149. The van der Waals surface area contributed by atoms with E-state index in [4.69, 9.17) is 4.74 Å². The summed E-state index contributed by atoms with van der Waals surface area (Å²) in [5.41, 5.74) is -0.443. The summed E-state index contributed by atoms with van der Waals surface area (Å²) >= 11 is 0. The third kappa shape index (κ3) is 3.83. The molecule has 0 bridgehead atoms. The standard InChI is InChI=1S/C18H26O5/c1-13-8-14(15(19)20)10-18(9-13,16(21)22)11-17(12-23-2)6-4-3-5-7-17/h8-9H,3-7,10-12H2,1-2H3,(H,19,20)(H,21,22). The molecule has 0 radical (unpaired) electrons. The zero-order valence-electron chi connectivity index (χ0n) is 13.9. The van der Waals surface area contributed by atoms with Gasteiger partial charge < -0.3 is 14.9 Å². The summed E-state index contributed by atoms with van der Waals surface area (Å²) in [6.45, 7) is 2.30. The van der Waals surface area contributed by atoms with Gasteiger partial charge in [0.15, 0.2) is 0 Å². The first-order valence-corrected chi connectivity index (χ1v) is 8.18. The second-order valence-corrected chi connectivity index (χ2v) is 7.17. The van der Waals surface area contributed by atoms with Crippen LogP contribution in [0.15, 0.2) is 23.3 Å². The molecule has 128 valence electrons. The van der Waals surface area contributed by atoms with E-state index in [9.17, 15) is 19.8 Å². The van der Waals surface area contributed by atoms with Crippen LogP contribution in [-0.4, -0.2) is 35.9 Å². The number of aliphatic carboxylic acids is 2. The largest absolute Gasteiger partial charge is 0.481 e. The molecule has 2 rings (SSSR count). The molecule has 1 atom stereocenters. The predicted molar refractivity (Wildman–Crippen MR) is 86.2 cm³/mol. The van der Waals surface area contributed by atoms with Gasteiger partial charge in [0.2, 0.25) is 0 Å². The Hall–Kier alpha value is -1.62. The molecular formula is C18H26O5. The van der Waals surface area contributed by atoms with Crippen LogP contribution < -0.4 is 0 Å². The third-order valence-corrected chi connectivity index (χ3v) is 5.17. The molecular weight excluding hydrogens is 296 g/mol. The molecule has 0 aliphatic heterocycles. The van der Waals surface area contributed by atoms with Crippen molar-refractivity contribution in [2.24, 2.45) is 10.8 Å². The molecule has 1 saturated carbocycles. The van der Waals surface area contributed by atoms with Crippen molar-refractivity contribution < 1.29 is 24.5 Å². The van der Waals surface area contributed by atoms with E-state index in [0.717, 1.165) is 25.7 Å². The summed E-state index contributed by atoms with van der Waals surface area (Å²) in [5.74, 6) is -1.97. The Kier molecular flexibility index (Phi) is 5.30. The van der Waals surface area contributed by atoms with E-state index in [1.54, 1.807) is 26.2 Å². The van der Waals surface area contributed by atoms with Crippen LogP contribution in [0.3, 0.4) is 0 Å². The van der Waals surface area contributed by atoms with Crippen molar-refractivity contribution in [1.82, 2.24) is 0 Å². The smallest absolute Gasteiger partial charge is 0.331 e. The van der Waals surface area contributed by atoms with Crippen molar-refractivity contribution in [2.75, 3.05) is 13.7 Å². The zero-order valence-corrected chi connectivity index (χ0v) is 13.9. The van der Waals surface area contributed by atoms with Crippen molar-refractivity contribution in [1.29, 1.82) is 0 Å². The van der Waals surface area contributed by atoms with E-state index in [2.05, 4.69) is 0 Å². The SMILES string of the molecule is COCC1(CC2(C(=O)O)C=C(C)C=C(C(=O)O)C2)CCCCC1. The lowest BCUT2D eigenvalue weighted by Crippen LogP contribution is -2.41. The first-order chi connectivity index (χ1) is 10.8. The Bertz CT molecular complexity index is 534. The molecule has 2 N–H and O–H groups in total. The van der Waals surface area contributed by atoms with Crippen molar-refractivity contribution in [3.05, 3.63) is 23.3 Å². The van der Waals surface area contributed by atoms with Gasteiger partial charge in [-0.2, -0.15) is 0 Å². The monoisotopic (exact) mass is 322 g/mol. The van der Waals surface area contributed by atoms with Crippen LogP contribution in [0.5, 0.6) is 0 Å². The van der Waals surface area contributed by atoms with E-state index in [1.807, 2.05) is 0 Å². The Labute approximate surface area is 137 Å². The molecule has 23 heavy (non-hydrogen) atoms. The Morgan fingerprint density at radius 2 is 1.87 bits per heavy atom. The average molecular weight is 322 g/mol. The zero-order chi connectivity index (χ0) is 17.1. The normalized spacial score (nSPS) is 27.0. The number of ether oxygens (including phenoxy) is 1. The van der Waals surface area contributed by atoms with Crippen LogP contribution >= 0.6 is 0 Å². The highest BCUT2D eigenvalue weighted by molar-refractivity contribution is 5.90. The van der Waals surface area contributed by atoms with Crippen molar-refractivity contribution >= 4 is 11.9 Å². The van der Waals surface area contributed by atoms with Gasteiger partial charge in [0.25, 0.3) is 0 Å². The van der Waals surface area contributed by atoms with Crippen LogP contribution in [0.4, 0.5) is 0 Å². The molecule has 1 fully saturated rings. The van der Waals surface area contributed by atoms with Gasteiger partial charge in [-0.1, -0.05) is 30.9 Å². The molecule has 0 amide bonds. The minimum Gasteiger partial charge on any atom is -0.481 e. The summed E-state index contributed by atoms with van der Waals surface area (Å²) < 4.78 is 5.41. The molecule has 0 aromatic rings. The predicted octanol–water partition coefficient (Wildman–Crippen LogP) is 3.41. The number of rotatable bonds is 6. The van der Waals surface area contributed by atoms with Crippen LogP contribution in [0, 0.1) is 10.8 Å². The topological polar surface area (TPSA) is 83.8 Å². The molecule has 0 aromatic carbocycles. The van der Waals surface area contributed by atoms with Crippen LogP contribution in [0.1, 0.15) is 51.9 Å². The van der Waals surface area contributed by atoms with Gasteiger partial charge in [0, 0.05) is 12.7 Å². The van der Waals surface area contributed by atoms with E-state index in [1.165, 1.54) is 6.42 Å². The van der Waals surface area contributed by atoms with Gasteiger partial charge >= 0.3 is 11.9 Å². The molecule has 0 spiro atoms. The summed E-state index contributed by atoms with van der Waals surface area (Å²) in [6, 6.07) is 0. The van der Waals surface area contributed by atoms with E-state index in [0.29, 0.717) is 18.6 Å². The number of hydrogen-bond acceptors (Lipinski definition) is 3. The van der Waals surface area contributed by atoms with Gasteiger partial charge in [0.1, 0.15) is 0 Å². The highest BCUT2D eigenvalue weighted by Gasteiger charge is 2.47. The maximum absolute atomic E-state index is 12.1. The highest BCUT2D eigenvalue weighted by Crippen LogP contribution is 2.49.